The van der Waals surface area contributed by atoms with Crippen LogP contribution in [-0.4, -0.2) is 24.9 Å². The van der Waals surface area contributed by atoms with Crippen molar-refractivity contribution in [3.63, 3.8) is 0 Å². The Labute approximate surface area is 148 Å². The van der Waals surface area contributed by atoms with Crippen LogP contribution in [0.15, 0.2) is 25.3 Å². The Morgan fingerprint density at radius 1 is 0.625 bits per heavy atom. The maximum atomic E-state index is 11.6. The summed E-state index contributed by atoms with van der Waals surface area (Å²) < 4.78 is 0. The Balaban J connectivity index is 3.34. The fraction of sp³-hybridized carbons (Fsp3) is 0.700. The third-order valence-electron chi connectivity index (χ3n) is 3.87. The summed E-state index contributed by atoms with van der Waals surface area (Å²) in [6.07, 6.45) is 15.1. The number of allylic oxidation sites excluding steroid dienone is 2. The summed E-state index contributed by atoms with van der Waals surface area (Å²) >= 11 is 0. The number of hydrogen-bond acceptors (Lipinski definition) is 2. The summed E-state index contributed by atoms with van der Waals surface area (Å²) in [6, 6.07) is 0. The second-order valence-corrected chi connectivity index (χ2v) is 6.18. The summed E-state index contributed by atoms with van der Waals surface area (Å²) in [6.45, 7) is 8.89. The highest BCUT2D eigenvalue weighted by Gasteiger charge is 2.03. The summed E-state index contributed by atoms with van der Waals surface area (Å²) in [5.74, 6) is 0.197. The first kappa shape index (κ1) is 22.4. The van der Waals surface area contributed by atoms with E-state index in [9.17, 15) is 9.59 Å². The lowest BCUT2D eigenvalue weighted by Crippen LogP contribution is -2.25. The van der Waals surface area contributed by atoms with Gasteiger partial charge in [-0.15, -0.1) is 13.2 Å². The minimum absolute atomic E-state index is 0.0985. The zero-order chi connectivity index (χ0) is 17.9. The molecule has 0 aromatic rings. The SMILES string of the molecule is C=CCCCCCNC(=O)CCCCC(=O)NCCCCCC=C. The Morgan fingerprint density at radius 2 is 1.04 bits per heavy atom. The number of nitrogens with one attached hydrogen (secondary N) is 2. The normalized spacial score (nSPS) is 10.2. The van der Waals surface area contributed by atoms with Gasteiger partial charge in [-0.2, -0.15) is 0 Å². The maximum Gasteiger partial charge on any atom is 0.219 e. The molecule has 0 aromatic heterocycles. The van der Waals surface area contributed by atoms with Crippen LogP contribution in [-0.2, 0) is 9.59 Å². The quantitative estimate of drug-likeness (QED) is 0.308. The first-order valence-electron chi connectivity index (χ1n) is 9.46. The van der Waals surface area contributed by atoms with Crippen molar-refractivity contribution < 1.29 is 9.59 Å². The third kappa shape index (κ3) is 16.8. The molecular formula is C20H36N2O2. The van der Waals surface area contributed by atoms with Gasteiger partial charge in [0.15, 0.2) is 0 Å². The number of hydrogen-bond donors (Lipinski definition) is 2. The van der Waals surface area contributed by atoms with Gasteiger partial charge in [0.25, 0.3) is 0 Å². The Bertz CT molecular complexity index is 320. The molecule has 0 unspecified atom stereocenters. The zero-order valence-electron chi connectivity index (χ0n) is 15.3. The van der Waals surface area contributed by atoms with Crippen LogP contribution in [0, 0.1) is 0 Å². The predicted octanol–water partition coefficient (Wildman–Crippen LogP) is 4.27. The Morgan fingerprint density at radius 3 is 1.42 bits per heavy atom. The van der Waals surface area contributed by atoms with E-state index < -0.39 is 0 Å². The molecule has 4 nitrogen and oxygen atoms in total. The fourth-order valence-electron chi connectivity index (χ4n) is 2.38. The van der Waals surface area contributed by atoms with Gasteiger partial charge in [0.05, 0.1) is 0 Å². The number of rotatable bonds is 17. The second kappa shape index (κ2) is 17.8. The lowest BCUT2D eigenvalue weighted by Gasteiger charge is -2.06. The van der Waals surface area contributed by atoms with Crippen molar-refractivity contribution in [1.82, 2.24) is 10.6 Å². The Hall–Kier alpha value is -1.58. The molecule has 138 valence electrons. The molecule has 0 spiro atoms. The molecule has 0 aliphatic carbocycles. The van der Waals surface area contributed by atoms with Gasteiger partial charge in [0, 0.05) is 25.9 Å². The van der Waals surface area contributed by atoms with Crippen molar-refractivity contribution in [3.05, 3.63) is 25.3 Å². The minimum atomic E-state index is 0.0985. The van der Waals surface area contributed by atoms with E-state index in [0.29, 0.717) is 12.8 Å². The van der Waals surface area contributed by atoms with Crippen LogP contribution in [0.25, 0.3) is 0 Å². The number of amides is 2. The molecular weight excluding hydrogens is 300 g/mol. The van der Waals surface area contributed by atoms with Gasteiger partial charge < -0.3 is 10.6 Å². The molecule has 24 heavy (non-hydrogen) atoms. The van der Waals surface area contributed by atoms with Gasteiger partial charge in [-0.3, -0.25) is 9.59 Å². The number of carbonyl (C=O) groups excluding carboxylic acids is 2. The van der Waals surface area contributed by atoms with Crippen molar-refractivity contribution in [1.29, 1.82) is 0 Å². The smallest absolute Gasteiger partial charge is 0.219 e. The number of carbonyl (C=O) groups is 2. The first-order valence-corrected chi connectivity index (χ1v) is 9.46. The molecule has 2 N–H and O–H groups in total. The van der Waals surface area contributed by atoms with Crippen LogP contribution in [0.2, 0.25) is 0 Å². The molecule has 0 bridgehead atoms. The van der Waals surface area contributed by atoms with Gasteiger partial charge in [-0.05, 0) is 51.4 Å². The van der Waals surface area contributed by atoms with Gasteiger partial charge in [0.1, 0.15) is 0 Å². The first-order chi connectivity index (χ1) is 11.7. The van der Waals surface area contributed by atoms with E-state index in [2.05, 4.69) is 23.8 Å². The van der Waals surface area contributed by atoms with Crippen LogP contribution < -0.4 is 10.6 Å². The van der Waals surface area contributed by atoms with E-state index in [0.717, 1.165) is 77.3 Å². The average Bonchev–Trinajstić information content (AvgIpc) is 2.58. The highest BCUT2D eigenvalue weighted by molar-refractivity contribution is 5.77. The molecule has 0 saturated carbocycles. The van der Waals surface area contributed by atoms with Gasteiger partial charge in [-0.25, -0.2) is 0 Å². The molecule has 0 rings (SSSR count). The van der Waals surface area contributed by atoms with Crippen molar-refractivity contribution in [3.8, 4) is 0 Å². The highest BCUT2D eigenvalue weighted by Crippen LogP contribution is 2.02. The largest absolute Gasteiger partial charge is 0.356 e. The van der Waals surface area contributed by atoms with Gasteiger partial charge in [0.2, 0.25) is 11.8 Å². The van der Waals surface area contributed by atoms with Crippen LogP contribution in [0.3, 0.4) is 0 Å². The lowest BCUT2D eigenvalue weighted by atomic mass is 10.1. The highest BCUT2D eigenvalue weighted by atomic mass is 16.2. The molecule has 0 atom stereocenters. The summed E-state index contributed by atoms with van der Waals surface area (Å²) in [4.78, 5) is 23.3. The van der Waals surface area contributed by atoms with Crippen molar-refractivity contribution in [2.24, 2.45) is 0 Å². The molecule has 0 aliphatic rings. The van der Waals surface area contributed by atoms with Crippen LogP contribution in [0.1, 0.15) is 77.0 Å². The molecule has 0 saturated heterocycles. The summed E-state index contributed by atoms with van der Waals surface area (Å²) in [5, 5.41) is 5.87. The monoisotopic (exact) mass is 336 g/mol. The zero-order valence-corrected chi connectivity index (χ0v) is 15.3. The fourth-order valence-corrected chi connectivity index (χ4v) is 2.38. The molecule has 0 radical (unpaired) electrons. The minimum Gasteiger partial charge on any atom is -0.356 e. The standard InChI is InChI=1S/C20H36N2O2/c1-3-5-7-9-13-17-21-19(23)15-11-12-16-20(24)22-18-14-10-8-6-4-2/h3-4H,1-2,5-18H2,(H,21,23)(H,22,24). The van der Waals surface area contributed by atoms with Crippen molar-refractivity contribution in [2.45, 2.75) is 77.0 Å². The van der Waals surface area contributed by atoms with Gasteiger partial charge >= 0.3 is 0 Å². The van der Waals surface area contributed by atoms with Crippen LogP contribution >= 0.6 is 0 Å². The van der Waals surface area contributed by atoms with Crippen molar-refractivity contribution >= 4 is 11.8 Å². The molecule has 0 aliphatic heterocycles. The van der Waals surface area contributed by atoms with Crippen LogP contribution in [0.4, 0.5) is 0 Å². The van der Waals surface area contributed by atoms with E-state index in [1.54, 1.807) is 0 Å². The third-order valence-corrected chi connectivity index (χ3v) is 3.87. The lowest BCUT2D eigenvalue weighted by molar-refractivity contribution is -0.123. The van der Waals surface area contributed by atoms with E-state index in [-0.39, 0.29) is 11.8 Å². The second-order valence-electron chi connectivity index (χ2n) is 6.18. The van der Waals surface area contributed by atoms with Crippen molar-refractivity contribution in [2.75, 3.05) is 13.1 Å². The molecule has 2 amide bonds. The van der Waals surface area contributed by atoms with E-state index in [1.807, 2.05) is 12.2 Å². The van der Waals surface area contributed by atoms with Crippen LogP contribution in [0.5, 0.6) is 0 Å². The van der Waals surface area contributed by atoms with Gasteiger partial charge in [-0.1, -0.05) is 25.0 Å². The average molecular weight is 337 g/mol. The molecule has 0 aromatic carbocycles. The predicted molar refractivity (Wildman–Crippen MR) is 102 cm³/mol. The molecule has 0 heterocycles. The topological polar surface area (TPSA) is 58.2 Å². The Kier molecular flexibility index (Phi) is 16.6. The van der Waals surface area contributed by atoms with E-state index >= 15 is 0 Å². The summed E-state index contributed by atoms with van der Waals surface area (Å²) in [7, 11) is 0. The maximum absolute atomic E-state index is 11.6. The van der Waals surface area contributed by atoms with E-state index in [1.165, 1.54) is 0 Å². The molecule has 4 heteroatoms. The number of unbranched alkanes of at least 4 members (excludes halogenated alkanes) is 7. The van der Waals surface area contributed by atoms with E-state index in [4.69, 9.17) is 0 Å². The summed E-state index contributed by atoms with van der Waals surface area (Å²) in [5.41, 5.74) is 0. The molecule has 0 fully saturated rings.